The zero-order valence-corrected chi connectivity index (χ0v) is 18.8. The molecule has 0 radical (unpaired) electrons. The van der Waals surface area contributed by atoms with Crippen LogP contribution in [0.2, 0.25) is 5.02 Å². The molecular weight excluding hydrogens is 462 g/mol. The number of amides is 1. The lowest BCUT2D eigenvalue weighted by atomic mass is 10.2. The summed E-state index contributed by atoms with van der Waals surface area (Å²) < 4.78 is 1.54. The van der Waals surface area contributed by atoms with Crippen LogP contribution < -0.4 is 10.9 Å². The second kappa shape index (κ2) is 9.89. The number of hydrogen-bond acceptors (Lipinski definition) is 5. The third-order valence-electron chi connectivity index (χ3n) is 4.81. The number of anilines is 1. The summed E-state index contributed by atoms with van der Waals surface area (Å²) in [5, 5.41) is 13.0. The largest absolute Gasteiger partial charge is 0.478 e. The number of fused-ring (bicyclic) bond motifs is 1. The fraction of sp³-hybridized carbons (Fsp3) is 0.0833. The molecule has 1 heterocycles. The van der Waals surface area contributed by atoms with E-state index in [0.717, 1.165) is 0 Å². The quantitative estimate of drug-likeness (QED) is 0.290. The molecular formula is C24H18ClN3O4S. The van der Waals surface area contributed by atoms with Crippen LogP contribution >= 0.6 is 23.4 Å². The first kappa shape index (κ1) is 22.6. The van der Waals surface area contributed by atoms with Crippen molar-refractivity contribution in [1.29, 1.82) is 0 Å². The Morgan fingerprint density at radius 3 is 2.52 bits per heavy atom. The van der Waals surface area contributed by atoms with Gasteiger partial charge in [-0.2, -0.15) is 0 Å². The predicted molar refractivity (Wildman–Crippen MR) is 130 cm³/mol. The molecule has 3 aromatic carbocycles. The van der Waals surface area contributed by atoms with E-state index in [4.69, 9.17) is 16.7 Å². The van der Waals surface area contributed by atoms with E-state index in [1.807, 2.05) is 36.4 Å². The second-order valence-corrected chi connectivity index (χ2v) is 8.50. The molecule has 7 nitrogen and oxygen atoms in total. The number of nitrogens with zero attached hydrogens (tertiary/aromatic N) is 2. The van der Waals surface area contributed by atoms with Crippen molar-refractivity contribution in [2.75, 3.05) is 11.1 Å². The maximum absolute atomic E-state index is 13.2. The Morgan fingerprint density at radius 2 is 1.76 bits per heavy atom. The minimum absolute atomic E-state index is 0.0244. The van der Waals surface area contributed by atoms with Gasteiger partial charge in [-0.25, -0.2) is 9.78 Å². The van der Waals surface area contributed by atoms with Gasteiger partial charge in [-0.05, 0) is 42.5 Å². The van der Waals surface area contributed by atoms with Crippen molar-refractivity contribution in [2.45, 2.75) is 11.6 Å². The van der Waals surface area contributed by atoms with Crippen LogP contribution in [0.15, 0.2) is 82.7 Å². The summed E-state index contributed by atoms with van der Waals surface area (Å²) in [5.41, 5.74) is 1.34. The van der Waals surface area contributed by atoms with Gasteiger partial charge in [0.15, 0.2) is 5.16 Å². The molecule has 0 aliphatic rings. The second-order valence-electron chi connectivity index (χ2n) is 7.03. The van der Waals surface area contributed by atoms with Gasteiger partial charge in [0.1, 0.15) is 0 Å². The maximum atomic E-state index is 13.2. The SMILES string of the molecule is O=C(CCSc1nc2ccccc2c(=O)n1-c1ccccc1)Nc1cc(C(=O)O)ccc1Cl. The number of halogens is 1. The van der Waals surface area contributed by atoms with Gasteiger partial charge in [0.25, 0.3) is 5.56 Å². The van der Waals surface area contributed by atoms with Crippen LogP contribution in [0.3, 0.4) is 0 Å². The fourth-order valence-corrected chi connectivity index (χ4v) is 4.33. The summed E-state index contributed by atoms with van der Waals surface area (Å²) in [6.45, 7) is 0. The van der Waals surface area contributed by atoms with Gasteiger partial charge < -0.3 is 10.4 Å². The minimum atomic E-state index is -1.11. The maximum Gasteiger partial charge on any atom is 0.335 e. The Hall–Kier alpha value is -3.62. The first-order chi connectivity index (χ1) is 15.9. The number of benzene rings is 3. The van der Waals surface area contributed by atoms with Crippen molar-refractivity contribution >= 4 is 51.8 Å². The molecule has 0 spiro atoms. The van der Waals surface area contributed by atoms with E-state index in [9.17, 15) is 14.4 Å². The molecule has 1 amide bonds. The highest BCUT2D eigenvalue weighted by Crippen LogP contribution is 2.25. The predicted octanol–water partition coefficient (Wildman–Crippen LogP) is 4.86. The summed E-state index contributed by atoms with van der Waals surface area (Å²) in [7, 11) is 0. The molecule has 166 valence electrons. The lowest BCUT2D eigenvalue weighted by Gasteiger charge is -2.13. The highest BCUT2D eigenvalue weighted by molar-refractivity contribution is 7.99. The van der Waals surface area contributed by atoms with Crippen LogP contribution in [0, 0.1) is 0 Å². The number of nitrogens with one attached hydrogen (secondary N) is 1. The number of carboxylic acids is 1. The number of rotatable bonds is 7. The lowest BCUT2D eigenvalue weighted by Crippen LogP contribution is -2.22. The highest BCUT2D eigenvalue weighted by atomic mass is 35.5. The average molecular weight is 480 g/mol. The zero-order valence-electron chi connectivity index (χ0n) is 17.2. The number of hydrogen-bond donors (Lipinski definition) is 2. The van der Waals surface area contributed by atoms with Crippen LogP contribution in [0.5, 0.6) is 0 Å². The van der Waals surface area contributed by atoms with E-state index in [-0.39, 0.29) is 34.2 Å². The number of thioether (sulfide) groups is 1. The Morgan fingerprint density at radius 1 is 1.03 bits per heavy atom. The fourth-order valence-electron chi connectivity index (χ4n) is 3.22. The van der Waals surface area contributed by atoms with Crippen LogP contribution in [0.25, 0.3) is 16.6 Å². The summed E-state index contributed by atoms with van der Waals surface area (Å²) >= 11 is 7.36. The number of aromatic carboxylic acids is 1. The molecule has 0 atom stereocenters. The Kier molecular flexibility index (Phi) is 6.76. The topological polar surface area (TPSA) is 101 Å². The zero-order chi connectivity index (χ0) is 23.4. The van der Waals surface area contributed by atoms with Gasteiger partial charge in [0.2, 0.25) is 5.91 Å². The lowest BCUT2D eigenvalue weighted by molar-refractivity contribution is -0.115. The number of carboxylic acid groups (broad SMARTS) is 1. The van der Waals surface area contributed by atoms with Crippen LogP contribution in [-0.4, -0.2) is 32.3 Å². The van der Waals surface area contributed by atoms with Crippen molar-refractivity contribution in [2.24, 2.45) is 0 Å². The van der Waals surface area contributed by atoms with Crippen molar-refractivity contribution in [1.82, 2.24) is 9.55 Å². The van der Waals surface area contributed by atoms with Crippen LogP contribution in [-0.2, 0) is 4.79 Å². The van der Waals surface area contributed by atoms with E-state index in [1.165, 1.54) is 34.5 Å². The van der Waals surface area contributed by atoms with Gasteiger partial charge in [-0.15, -0.1) is 0 Å². The normalized spacial score (nSPS) is 10.8. The highest BCUT2D eigenvalue weighted by Gasteiger charge is 2.15. The number of para-hydroxylation sites is 2. The molecule has 2 N–H and O–H groups in total. The number of carbonyl (C=O) groups excluding carboxylic acids is 1. The minimum Gasteiger partial charge on any atom is -0.478 e. The Bertz CT molecular complexity index is 1410. The monoisotopic (exact) mass is 479 g/mol. The summed E-state index contributed by atoms with van der Waals surface area (Å²) in [5.74, 6) is -1.10. The van der Waals surface area contributed by atoms with Crippen LogP contribution in [0.4, 0.5) is 5.69 Å². The third kappa shape index (κ3) is 5.08. The van der Waals surface area contributed by atoms with Gasteiger partial charge in [-0.1, -0.05) is 53.7 Å². The molecule has 4 aromatic rings. The molecule has 0 fully saturated rings. The summed E-state index contributed by atoms with van der Waals surface area (Å²) in [6, 6.07) is 20.4. The van der Waals surface area contributed by atoms with Crippen molar-refractivity contribution in [3.63, 3.8) is 0 Å². The Balaban J connectivity index is 1.54. The van der Waals surface area contributed by atoms with E-state index >= 15 is 0 Å². The van der Waals surface area contributed by atoms with E-state index < -0.39 is 5.97 Å². The standard InChI is InChI=1S/C24H18ClN3O4S/c25-18-11-10-15(23(31)32)14-20(18)26-21(29)12-13-33-24-27-19-9-5-4-8-17(19)22(30)28(24)16-6-2-1-3-7-16/h1-11,14H,12-13H2,(H,26,29)(H,31,32). The molecule has 0 aliphatic carbocycles. The Labute approximate surface area is 198 Å². The summed E-state index contributed by atoms with van der Waals surface area (Å²) in [6.07, 6.45) is 0.107. The van der Waals surface area contributed by atoms with Gasteiger partial charge >= 0.3 is 5.97 Å². The first-order valence-corrected chi connectivity index (χ1v) is 11.3. The number of aromatic nitrogens is 2. The molecule has 9 heteroatoms. The smallest absolute Gasteiger partial charge is 0.335 e. The van der Waals surface area contributed by atoms with Crippen LogP contribution in [0.1, 0.15) is 16.8 Å². The van der Waals surface area contributed by atoms with Gasteiger partial charge in [0.05, 0.1) is 32.9 Å². The van der Waals surface area contributed by atoms with Gasteiger partial charge in [0, 0.05) is 12.2 Å². The molecule has 4 rings (SSSR count). The molecule has 0 aliphatic heterocycles. The van der Waals surface area contributed by atoms with E-state index in [2.05, 4.69) is 10.3 Å². The van der Waals surface area contributed by atoms with Crippen molar-refractivity contribution < 1.29 is 14.7 Å². The molecule has 0 saturated heterocycles. The van der Waals surface area contributed by atoms with Crippen molar-refractivity contribution in [3.05, 3.63) is 93.7 Å². The van der Waals surface area contributed by atoms with Crippen molar-refractivity contribution in [3.8, 4) is 5.69 Å². The van der Waals surface area contributed by atoms with E-state index in [1.54, 1.807) is 18.2 Å². The molecule has 33 heavy (non-hydrogen) atoms. The third-order valence-corrected chi connectivity index (χ3v) is 6.08. The molecule has 1 aromatic heterocycles. The molecule has 0 saturated carbocycles. The van der Waals surface area contributed by atoms with E-state index in [0.29, 0.717) is 27.5 Å². The number of carbonyl (C=O) groups is 2. The molecule has 0 bridgehead atoms. The molecule has 0 unspecified atom stereocenters. The first-order valence-electron chi connectivity index (χ1n) is 9.97. The van der Waals surface area contributed by atoms with Gasteiger partial charge in [-0.3, -0.25) is 14.2 Å². The average Bonchev–Trinajstić information content (AvgIpc) is 2.81. The summed E-state index contributed by atoms with van der Waals surface area (Å²) in [4.78, 5) is 41.4.